The zero-order valence-corrected chi connectivity index (χ0v) is 26.4. The number of hydrogen-bond donors (Lipinski definition) is 0. The van der Waals surface area contributed by atoms with Crippen LogP contribution in [0.4, 0.5) is 11.4 Å². The number of thioether (sulfide) groups is 2. The van der Waals surface area contributed by atoms with E-state index in [1.165, 1.54) is 47.8 Å². The van der Waals surface area contributed by atoms with Crippen molar-refractivity contribution >= 4 is 56.7 Å². The van der Waals surface area contributed by atoms with E-state index in [9.17, 15) is 29.8 Å². The lowest BCUT2D eigenvalue weighted by Crippen LogP contribution is -2.27. The topological polar surface area (TPSA) is 156 Å². The highest BCUT2D eigenvalue weighted by Crippen LogP contribution is 2.26. The monoisotopic (exact) mass is 666 g/mol. The molecule has 12 nitrogen and oxygen atoms in total. The fraction of sp³-hybridized carbons (Fsp3) is 0.152. The van der Waals surface area contributed by atoms with E-state index in [4.69, 9.17) is 9.97 Å². The van der Waals surface area contributed by atoms with Crippen molar-refractivity contribution in [2.75, 3.05) is 0 Å². The molecular formula is C33H26N6O6S2. The van der Waals surface area contributed by atoms with Gasteiger partial charge < -0.3 is 0 Å². The number of hydrogen-bond acceptors (Lipinski definition) is 10. The third-order valence-corrected chi connectivity index (χ3v) is 9.49. The summed E-state index contributed by atoms with van der Waals surface area (Å²) in [6, 6.07) is 26.8. The number of rotatable bonds is 12. The first kappa shape index (κ1) is 31.6. The summed E-state index contributed by atoms with van der Waals surface area (Å²) in [5, 5.41) is 24.4. The zero-order chi connectivity index (χ0) is 32.9. The highest BCUT2D eigenvalue weighted by atomic mass is 32.2. The zero-order valence-electron chi connectivity index (χ0n) is 24.7. The van der Waals surface area contributed by atoms with Crippen molar-refractivity contribution in [2.45, 2.75) is 41.3 Å². The van der Waals surface area contributed by atoms with Crippen LogP contribution in [-0.2, 0) is 24.6 Å². The van der Waals surface area contributed by atoms with Gasteiger partial charge in [0.15, 0.2) is 10.3 Å². The van der Waals surface area contributed by atoms with Crippen LogP contribution >= 0.6 is 23.5 Å². The van der Waals surface area contributed by atoms with Gasteiger partial charge in [0.25, 0.3) is 22.5 Å². The summed E-state index contributed by atoms with van der Waals surface area (Å²) >= 11 is 2.62. The molecule has 0 aliphatic rings. The maximum Gasteiger partial charge on any atom is 0.269 e. The quantitative estimate of drug-likeness (QED) is 0.0604. The van der Waals surface area contributed by atoms with Crippen molar-refractivity contribution in [3.63, 3.8) is 0 Å². The Morgan fingerprint density at radius 3 is 1.45 bits per heavy atom. The van der Waals surface area contributed by atoms with E-state index in [1.54, 1.807) is 81.9 Å². The predicted octanol–water partition coefficient (Wildman–Crippen LogP) is 6.60. The van der Waals surface area contributed by atoms with Crippen LogP contribution in [0.25, 0.3) is 21.8 Å². The number of nitrogens with zero attached hydrogens (tertiary/aromatic N) is 6. The van der Waals surface area contributed by atoms with Gasteiger partial charge in [0.05, 0.1) is 31.7 Å². The second-order valence-corrected chi connectivity index (χ2v) is 12.4. The number of nitro benzene ring substituents is 2. The van der Waals surface area contributed by atoms with E-state index in [-0.39, 0.29) is 35.6 Å². The maximum atomic E-state index is 13.7. The molecule has 6 aromatic rings. The third-order valence-electron chi connectivity index (χ3n) is 7.40. The molecule has 0 saturated carbocycles. The maximum absolute atomic E-state index is 13.7. The molecule has 0 radical (unpaired) electrons. The smallest absolute Gasteiger partial charge is 0.269 e. The molecule has 6 rings (SSSR count). The molecule has 236 valence electrons. The number of aromatic nitrogens is 4. The van der Waals surface area contributed by atoms with E-state index in [1.807, 2.05) is 0 Å². The van der Waals surface area contributed by atoms with E-state index in [0.717, 1.165) is 11.1 Å². The molecule has 0 amide bonds. The highest BCUT2D eigenvalue weighted by Gasteiger charge is 2.16. The Hall–Kier alpha value is -5.34. The van der Waals surface area contributed by atoms with Crippen LogP contribution in [0, 0.1) is 20.2 Å². The molecule has 2 aromatic heterocycles. The van der Waals surface area contributed by atoms with E-state index >= 15 is 0 Å². The molecule has 4 aromatic carbocycles. The van der Waals surface area contributed by atoms with Crippen molar-refractivity contribution in [1.82, 2.24) is 19.1 Å². The molecule has 0 unspecified atom stereocenters. The number of non-ortho nitro benzene ring substituents is 2. The Morgan fingerprint density at radius 2 is 1.02 bits per heavy atom. The molecule has 2 heterocycles. The van der Waals surface area contributed by atoms with Crippen LogP contribution in [0.5, 0.6) is 0 Å². The predicted molar refractivity (Wildman–Crippen MR) is 182 cm³/mol. The van der Waals surface area contributed by atoms with E-state index in [0.29, 0.717) is 50.0 Å². The second-order valence-electron chi connectivity index (χ2n) is 10.5. The Kier molecular flexibility index (Phi) is 9.40. The Bertz CT molecular complexity index is 2110. The van der Waals surface area contributed by atoms with Gasteiger partial charge in [0.2, 0.25) is 0 Å². The third kappa shape index (κ3) is 7.08. The summed E-state index contributed by atoms with van der Waals surface area (Å²) in [4.78, 5) is 58.5. The van der Waals surface area contributed by atoms with Gasteiger partial charge in [-0.2, -0.15) is 0 Å². The van der Waals surface area contributed by atoms with E-state index in [2.05, 4.69) is 0 Å². The van der Waals surface area contributed by atoms with Crippen molar-refractivity contribution in [3.05, 3.63) is 149 Å². The van der Waals surface area contributed by atoms with Crippen LogP contribution in [0.3, 0.4) is 0 Å². The van der Waals surface area contributed by atoms with Gasteiger partial charge in [-0.3, -0.25) is 39.0 Å². The first-order valence-electron chi connectivity index (χ1n) is 14.5. The van der Waals surface area contributed by atoms with Crippen LogP contribution < -0.4 is 11.1 Å². The number of para-hydroxylation sites is 2. The molecule has 0 aliphatic carbocycles. The van der Waals surface area contributed by atoms with E-state index < -0.39 is 9.85 Å². The molecule has 0 atom stereocenters. The van der Waals surface area contributed by atoms with Crippen LogP contribution in [0.15, 0.2) is 117 Å². The Labute approximate surface area is 275 Å². The molecule has 0 fully saturated rings. The number of fused-ring (bicyclic) bond motifs is 2. The molecule has 14 heteroatoms. The van der Waals surface area contributed by atoms with Gasteiger partial charge in [-0.05, 0) is 41.8 Å². The Balaban J connectivity index is 1.28. The van der Waals surface area contributed by atoms with Gasteiger partial charge in [0, 0.05) is 48.9 Å². The minimum absolute atomic E-state index is 0.0134. The standard InChI is InChI=1S/C33H26N6O6S2/c40-30-26-12-1-3-14-28(26)34-32(46-20-22-8-5-10-24(18-22)38(42)43)36(30)16-7-17-37-31(41)27-13-2-4-15-29(27)35-33(37)47-21-23-9-6-11-25(19-23)39(44)45/h1-6,8-15,18-19H,7,16-17,20-21H2. The molecule has 0 aliphatic heterocycles. The number of nitro groups is 2. The summed E-state index contributed by atoms with van der Waals surface area (Å²) in [5.74, 6) is 0.720. The van der Waals surface area contributed by atoms with Crippen LogP contribution in [0.2, 0.25) is 0 Å². The lowest BCUT2D eigenvalue weighted by molar-refractivity contribution is -0.385. The lowest BCUT2D eigenvalue weighted by atomic mass is 10.2. The molecule has 0 saturated heterocycles. The fourth-order valence-electron chi connectivity index (χ4n) is 5.11. The van der Waals surface area contributed by atoms with Crippen molar-refractivity contribution in [3.8, 4) is 0 Å². The minimum atomic E-state index is -0.446. The van der Waals surface area contributed by atoms with Gasteiger partial charge in [-0.1, -0.05) is 72.1 Å². The summed E-state index contributed by atoms with van der Waals surface area (Å²) in [6.07, 6.45) is 0.397. The van der Waals surface area contributed by atoms with Gasteiger partial charge >= 0.3 is 0 Å². The van der Waals surface area contributed by atoms with Gasteiger partial charge in [0.1, 0.15) is 0 Å². The SMILES string of the molecule is O=c1c2ccccc2nc(SCc2cccc([N+](=O)[O-])c2)n1CCCn1c(SCc2cccc([N+](=O)[O-])c2)nc2ccccc2c1=O. The van der Waals surface area contributed by atoms with Crippen molar-refractivity contribution < 1.29 is 9.85 Å². The first-order valence-corrected chi connectivity index (χ1v) is 16.5. The average molecular weight is 667 g/mol. The van der Waals surface area contributed by atoms with Crippen molar-refractivity contribution in [2.24, 2.45) is 0 Å². The summed E-state index contributed by atoms with van der Waals surface area (Å²) < 4.78 is 3.17. The normalized spacial score (nSPS) is 11.2. The molecular weight excluding hydrogens is 641 g/mol. The molecule has 47 heavy (non-hydrogen) atoms. The number of benzene rings is 4. The minimum Gasteiger partial charge on any atom is -0.287 e. The first-order chi connectivity index (χ1) is 22.8. The molecule has 0 bridgehead atoms. The summed E-state index contributed by atoms with van der Waals surface area (Å²) in [7, 11) is 0. The van der Waals surface area contributed by atoms with Crippen molar-refractivity contribution in [1.29, 1.82) is 0 Å². The fourth-order valence-corrected chi connectivity index (χ4v) is 7.05. The van der Waals surface area contributed by atoms with Crippen LogP contribution in [-0.4, -0.2) is 28.9 Å². The summed E-state index contributed by atoms with van der Waals surface area (Å²) in [5.41, 5.74) is 2.06. The van der Waals surface area contributed by atoms with Gasteiger partial charge in [-0.25, -0.2) is 9.97 Å². The average Bonchev–Trinajstić information content (AvgIpc) is 3.08. The van der Waals surface area contributed by atoms with Gasteiger partial charge in [-0.15, -0.1) is 0 Å². The Morgan fingerprint density at radius 1 is 0.596 bits per heavy atom. The molecule has 0 N–H and O–H groups in total. The molecule has 0 spiro atoms. The highest BCUT2D eigenvalue weighted by molar-refractivity contribution is 7.98. The lowest BCUT2D eigenvalue weighted by Gasteiger charge is -2.16. The largest absolute Gasteiger partial charge is 0.287 e. The second kappa shape index (κ2) is 14.0. The van der Waals surface area contributed by atoms with Crippen LogP contribution in [0.1, 0.15) is 17.5 Å². The summed E-state index contributed by atoms with van der Waals surface area (Å²) in [6.45, 7) is 0.504.